The van der Waals surface area contributed by atoms with Gasteiger partial charge in [0.25, 0.3) is 0 Å². The molecular weight excluding hydrogens is 314 g/mol. The van der Waals surface area contributed by atoms with Crippen LogP contribution in [-0.4, -0.2) is 34.8 Å². The van der Waals surface area contributed by atoms with E-state index in [-0.39, 0.29) is 23.1 Å². The molecule has 2 aliphatic rings. The Hall–Kier alpha value is -2.69. The number of pyridine rings is 1. The summed E-state index contributed by atoms with van der Waals surface area (Å²) in [6.07, 6.45) is 5.55. The van der Waals surface area contributed by atoms with Gasteiger partial charge in [0.1, 0.15) is 0 Å². The van der Waals surface area contributed by atoms with Crippen molar-refractivity contribution in [1.29, 1.82) is 0 Å². The van der Waals surface area contributed by atoms with Gasteiger partial charge in [0.15, 0.2) is 0 Å². The maximum absolute atomic E-state index is 12.5. The number of carbonyl (C=O) groups is 2. The van der Waals surface area contributed by atoms with Crippen LogP contribution < -0.4 is 5.32 Å². The van der Waals surface area contributed by atoms with Crippen LogP contribution in [0.1, 0.15) is 18.4 Å². The highest BCUT2D eigenvalue weighted by Crippen LogP contribution is 2.58. The zero-order valence-corrected chi connectivity index (χ0v) is 14.0. The Morgan fingerprint density at radius 1 is 1.20 bits per heavy atom. The summed E-state index contributed by atoms with van der Waals surface area (Å²) in [5.41, 5.74) is 1.75. The SMILES string of the molecule is O=C(Nc1cccnc1)[C@H]1C[C@@]12CCN(C(=O)Cc1ccccc1)C2. The van der Waals surface area contributed by atoms with E-state index in [9.17, 15) is 9.59 Å². The maximum Gasteiger partial charge on any atom is 0.228 e. The smallest absolute Gasteiger partial charge is 0.228 e. The molecule has 2 fully saturated rings. The van der Waals surface area contributed by atoms with Gasteiger partial charge in [0, 0.05) is 30.6 Å². The van der Waals surface area contributed by atoms with Gasteiger partial charge >= 0.3 is 0 Å². The molecule has 1 saturated heterocycles. The predicted octanol–water partition coefficient (Wildman–Crippen LogP) is 2.50. The molecule has 5 heteroatoms. The first-order valence-electron chi connectivity index (χ1n) is 8.69. The molecule has 4 rings (SSSR count). The first kappa shape index (κ1) is 15.8. The number of rotatable bonds is 4. The van der Waals surface area contributed by atoms with Gasteiger partial charge in [-0.05, 0) is 30.5 Å². The standard InChI is InChI=1S/C20H21N3O2/c24-18(11-15-5-2-1-3-6-15)23-10-8-20(14-23)12-17(20)19(25)22-16-7-4-9-21-13-16/h1-7,9,13,17H,8,10-12,14H2,(H,22,25)/t17-,20-/m1/s1. The molecule has 5 nitrogen and oxygen atoms in total. The molecule has 1 spiro atoms. The van der Waals surface area contributed by atoms with E-state index >= 15 is 0 Å². The molecule has 1 aromatic heterocycles. The highest BCUT2D eigenvalue weighted by molar-refractivity contribution is 5.95. The van der Waals surface area contributed by atoms with Gasteiger partial charge in [-0.1, -0.05) is 30.3 Å². The Balaban J connectivity index is 1.33. The molecule has 1 aliphatic carbocycles. The lowest BCUT2D eigenvalue weighted by Crippen LogP contribution is -2.31. The minimum Gasteiger partial charge on any atom is -0.342 e. The van der Waals surface area contributed by atoms with Crippen LogP contribution >= 0.6 is 0 Å². The predicted molar refractivity (Wildman–Crippen MR) is 94.7 cm³/mol. The third-order valence-electron chi connectivity index (χ3n) is 5.37. The highest BCUT2D eigenvalue weighted by atomic mass is 16.2. The van der Waals surface area contributed by atoms with Gasteiger partial charge in [-0.3, -0.25) is 14.6 Å². The normalized spacial score (nSPS) is 24.3. The van der Waals surface area contributed by atoms with Crippen LogP contribution in [0.15, 0.2) is 54.9 Å². The number of hydrogen-bond acceptors (Lipinski definition) is 3. The van der Waals surface area contributed by atoms with Crippen molar-refractivity contribution in [2.24, 2.45) is 11.3 Å². The minimum absolute atomic E-state index is 0.00207. The van der Waals surface area contributed by atoms with E-state index in [4.69, 9.17) is 0 Å². The summed E-state index contributed by atoms with van der Waals surface area (Å²) in [5, 5.41) is 2.93. The molecule has 1 saturated carbocycles. The number of nitrogens with one attached hydrogen (secondary N) is 1. The zero-order chi connectivity index (χ0) is 17.3. The zero-order valence-electron chi connectivity index (χ0n) is 14.0. The average Bonchev–Trinajstić information content (AvgIpc) is 3.17. The van der Waals surface area contributed by atoms with Gasteiger partial charge in [0.2, 0.25) is 11.8 Å². The van der Waals surface area contributed by atoms with E-state index in [1.54, 1.807) is 18.5 Å². The van der Waals surface area contributed by atoms with Crippen LogP contribution in [0.3, 0.4) is 0 Å². The lowest BCUT2D eigenvalue weighted by atomic mass is 10.0. The summed E-state index contributed by atoms with van der Waals surface area (Å²) in [5.74, 6) is 0.203. The van der Waals surface area contributed by atoms with Crippen molar-refractivity contribution in [1.82, 2.24) is 9.88 Å². The van der Waals surface area contributed by atoms with Crippen molar-refractivity contribution < 1.29 is 9.59 Å². The molecule has 1 aliphatic heterocycles. The van der Waals surface area contributed by atoms with E-state index in [0.29, 0.717) is 13.0 Å². The number of carbonyl (C=O) groups excluding carboxylic acids is 2. The fourth-order valence-corrected chi connectivity index (χ4v) is 3.83. The van der Waals surface area contributed by atoms with E-state index < -0.39 is 0 Å². The van der Waals surface area contributed by atoms with Gasteiger partial charge in [-0.2, -0.15) is 0 Å². The van der Waals surface area contributed by atoms with Crippen molar-refractivity contribution in [3.8, 4) is 0 Å². The highest BCUT2D eigenvalue weighted by Gasteiger charge is 2.61. The number of amides is 2. The number of likely N-dealkylation sites (tertiary alicyclic amines) is 1. The van der Waals surface area contributed by atoms with E-state index in [1.807, 2.05) is 41.3 Å². The lowest BCUT2D eigenvalue weighted by molar-refractivity contribution is -0.129. The van der Waals surface area contributed by atoms with E-state index in [2.05, 4.69) is 10.3 Å². The lowest BCUT2D eigenvalue weighted by Gasteiger charge is -2.17. The summed E-state index contributed by atoms with van der Waals surface area (Å²) < 4.78 is 0. The molecule has 2 aromatic rings. The Labute approximate surface area is 147 Å². The van der Waals surface area contributed by atoms with Gasteiger partial charge < -0.3 is 10.2 Å². The maximum atomic E-state index is 12.5. The van der Waals surface area contributed by atoms with Gasteiger partial charge in [-0.15, -0.1) is 0 Å². The molecule has 1 N–H and O–H groups in total. The second-order valence-electron chi connectivity index (χ2n) is 7.08. The number of hydrogen-bond donors (Lipinski definition) is 1. The summed E-state index contributed by atoms with van der Waals surface area (Å²) in [7, 11) is 0. The molecular formula is C20H21N3O2. The van der Waals surface area contributed by atoms with E-state index in [1.165, 1.54) is 0 Å². The summed E-state index contributed by atoms with van der Waals surface area (Å²) in [6, 6.07) is 13.5. The summed E-state index contributed by atoms with van der Waals surface area (Å²) in [6.45, 7) is 1.45. The van der Waals surface area contributed by atoms with Crippen LogP contribution in [0.2, 0.25) is 0 Å². The summed E-state index contributed by atoms with van der Waals surface area (Å²) in [4.78, 5) is 30.9. The third kappa shape index (κ3) is 3.27. The van der Waals surface area contributed by atoms with Crippen LogP contribution in [-0.2, 0) is 16.0 Å². The topological polar surface area (TPSA) is 62.3 Å². The molecule has 2 heterocycles. The fraction of sp³-hybridized carbons (Fsp3) is 0.350. The number of nitrogens with zero attached hydrogens (tertiary/aromatic N) is 2. The van der Waals surface area contributed by atoms with Crippen LogP contribution in [0.4, 0.5) is 5.69 Å². The van der Waals surface area contributed by atoms with Crippen molar-refractivity contribution >= 4 is 17.5 Å². The van der Waals surface area contributed by atoms with Crippen LogP contribution in [0, 0.1) is 11.3 Å². The molecule has 25 heavy (non-hydrogen) atoms. The Morgan fingerprint density at radius 2 is 2.04 bits per heavy atom. The first-order valence-corrected chi connectivity index (χ1v) is 8.69. The molecule has 0 unspecified atom stereocenters. The summed E-state index contributed by atoms with van der Waals surface area (Å²) >= 11 is 0. The number of benzene rings is 1. The Bertz CT molecular complexity index is 725. The molecule has 1 aromatic carbocycles. The van der Waals surface area contributed by atoms with Crippen LogP contribution in [0.5, 0.6) is 0 Å². The molecule has 0 bridgehead atoms. The largest absolute Gasteiger partial charge is 0.342 e. The van der Waals surface area contributed by atoms with Gasteiger partial charge in [0.05, 0.1) is 18.3 Å². The second-order valence-corrected chi connectivity index (χ2v) is 7.08. The molecule has 0 radical (unpaired) electrons. The van der Waals surface area contributed by atoms with Crippen molar-refractivity contribution in [3.63, 3.8) is 0 Å². The third-order valence-corrected chi connectivity index (χ3v) is 5.37. The van der Waals surface area contributed by atoms with Crippen LogP contribution in [0.25, 0.3) is 0 Å². The quantitative estimate of drug-likeness (QED) is 0.934. The Kier molecular flexibility index (Phi) is 3.99. The molecule has 2 amide bonds. The number of anilines is 1. The minimum atomic E-state index is -0.0152. The number of aromatic nitrogens is 1. The molecule has 128 valence electrons. The van der Waals surface area contributed by atoms with Gasteiger partial charge in [-0.25, -0.2) is 0 Å². The fourth-order valence-electron chi connectivity index (χ4n) is 3.83. The average molecular weight is 335 g/mol. The van der Waals surface area contributed by atoms with Crippen molar-refractivity contribution in [3.05, 3.63) is 60.4 Å². The van der Waals surface area contributed by atoms with E-state index in [0.717, 1.165) is 30.6 Å². The van der Waals surface area contributed by atoms with Crippen molar-refractivity contribution in [2.75, 3.05) is 18.4 Å². The van der Waals surface area contributed by atoms with Crippen molar-refractivity contribution in [2.45, 2.75) is 19.3 Å². The monoisotopic (exact) mass is 335 g/mol. The molecule has 2 atom stereocenters. The first-order chi connectivity index (χ1) is 12.2. The second kappa shape index (κ2) is 6.31. The Morgan fingerprint density at radius 3 is 2.80 bits per heavy atom.